The molecule has 3 rings (SSSR count). The molecule has 2 amide bonds. The molecule has 3 aromatic rings. The fourth-order valence-electron chi connectivity index (χ4n) is 2.31. The second-order valence-corrected chi connectivity index (χ2v) is 5.85. The zero-order valence-electron chi connectivity index (χ0n) is 14.2. The van der Waals surface area contributed by atoms with Crippen LogP contribution in [-0.2, 0) is 4.79 Å². The van der Waals surface area contributed by atoms with Crippen molar-refractivity contribution >= 4 is 34.8 Å². The van der Waals surface area contributed by atoms with Crippen LogP contribution in [0.2, 0.25) is 5.15 Å². The van der Waals surface area contributed by atoms with Gasteiger partial charge in [-0.1, -0.05) is 41.9 Å². The van der Waals surface area contributed by atoms with Gasteiger partial charge in [-0.25, -0.2) is 4.98 Å². The number of ether oxygens (including phenoxy) is 1. The normalized spacial score (nSPS) is 10.1. The molecule has 0 radical (unpaired) electrons. The topological polar surface area (TPSA) is 80.3 Å². The van der Waals surface area contributed by atoms with Gasteiger partial charge in [-0.05, 0) is 36.4 Å². The number of pyridine rings is 1. The quantitative estimate of drug-likeness (QED) is 0.632. The largest absolute Gasteiger partial charge is 0.483 e. The highest BCUT2D eigenvalue weighted by Crippen LogP contribution is 2.21. The van der Waals surface area contributed by atoms with Crippen LogP contribution in [0.5, 0.6) is 5.75 Å². The van der Waals surface area contributed by atoms with Crippen molar-refractivity contribution in [2.24, 2.45) is 0 Å². The number of halogens is 1. The number of benzene rings is 2. The van der Waals surface area contributed by atoms with E-state index in [0.29, 0.717) is 22.7 Å². The maximum absolute atomic E-state index is 12.5. The van der Waals surface area contributed by atoms with E-state index in [1.807, 2.05) is 18.2 Å². The first-order chi connectivity index (χ1) is 13.1. The summed E-state index contributed by atoms with van der Waals surface area (Å²) in [5, 5.41) is 5.59. The van der Waals surface area contributed by atoms with Crippen molar-refractivity contribution in [1.82, 2.24) is 4.98 Å². The third-order valence-electron chi connectivity index (χ3n) is 3.56. The highest BCUT2D eigenvalue weighted by molar-refractivity contribution is 6.32. The van der Waals surface area contributed by atoms with Gasteiger partial charge in [-0.2, -0.15) is 0 Å². The van der Waals surface area contributed by atoms with Crippen molar-refractivity contribution in [1.29, 1.82) is 0 Å². The van der Waals surface area contributed by atoms with Crippen LogP contribution >= 0.6 is 11.6 Å². The standard InChI is InChI=1S/C20H16ClN3O3/c21-19-16(10-6-12-22-19)24-18(25)13-27-17-11-5-4-9-15(17)20(26)23-14-7-2-1-3-8-14/h1-12H,13H2,(H,23,26)(H,24,25). The van der Waals surface area contributed by atoms with Crippen molar-refractivity contribution in [2.45, 2.75) is 0 Å². The maximum atomic E-state index is 12.5. The second kappa shape index (κ2) is 8.82. The lowest BCUT2D eigenvalue weighted by atomic mass is 10.2. The van der Waals surface area contributed by atoms with Gasteiger partial charge in [0.2, 0.25) is 0 Å². The predicted octanol–water partition coefficient (Wildman–Crippen LogP) is 4.00. The Kier molecular flexibility index (Phi) is 6.02. The van der Waals surface area contributed by atoms with E-state index in [2.05, 4.69) is 15.6 Å². The molecule has 27 heavy (non-hydrogen) atoms. The van der Waals surface area contributed by atoms with Crippen molar-refractivity contribution in [3.05, 3.63) is 83.6 Å². The van der Waals surface area contributed by atoms with Crippen LogP contribution in [0.3, 0.4) is 0 Å². The summed E-state index contributed by atoms with van der Waals surface area (Å²) < 4.78 is 5.53. The Bertz CT molecular complexity index is 948. The maximum Gasteiger partial charge on any atom is 0.262 e. The highest BCUT2D eigenvalue weighted by Gasteiger charge is 2.14. The van der Waals surface area contributed by atoms with E-state index in [-0.39, 0.29) is 17.7 Å². The fourth-order valence-corrected chi connectivity index (χ4v) is 2.48. The Balaban J connectivity index is 1.64. The average molecular weight is 382 g/mol. The van der Waals surface area contributed by atoms with Crippen LogP contribution in [0.1, 0.15) is 10.4 Å². The van der Waals surface area contributed by atoms with Gasteiger partial charge in [-0.3, -0.25) is 9.59 Å². The Hall–Kier alpha value is -3.38. The average Bonchev–Trinajstić information content (AvgIpc) is 2.69. The third-order valence-corrected chi connectivity index (χ3v) is 3.86. The summed E-state index contributed by atoms with van der Waals surface area (Å²) >= 11 is 5.91. The summed E-state index contributed by atoms with van der Waals surface area (Å²) in [6, 6.07) is 19.1. The molecule has 7 heteroatoms. The van der Waals surface area contributed by atoms with Gasteiger partial charge in [-0.15, -0.1) is 0 Å². The minimum atomic E-state index is -0.414. The van der Waals surface area contributed by atoms with Gasteiger partial charge in [0, 0.05) is 11.9 Å². The van der Waals surface area contributed by atoms with E-state index in [9.17, 15) is 9.59 Å². The first-order valence-corrected chi connectivity index (χ1v) is 8.50. The Morgan fingerprint density at radius 2 is 1.67 bits per heavy atom. The molecule has 0 bridgehead atoms. The number of hydrogen-bond acceptors (Lipinski definition) is 4. The molecule has 0 spiro atoms. The molecular formula is C20H16ClN3O3. The van der Waals surface area contributed by atoms with Crippen molar-refractivity contribution in [3.63, 3.8) is 0 Å². The highest BCUT2D eigenvalue weighted by atomic mass is 35.5. The zero-order valence-corrected chi connectivity index (χ0v) is 14.9. The van der Waals surface area contributed by atoms with Crippen molar-refractivity contribution in [2.75, 3.05) is 17.2 Å². The van der Waals surface area contributed by atoms with Gasteiger partial charge in [0.15, 0.2) is 11.8 Å². The zero-order chi connectivity index (χ0) is 19.1. The van der Waals surface area contributed by atoms with E-state index < -0.39 is 5.91 Å². The molecule has 136 valence electrons. The summed E-state index contributed by atoms with van der Waals surface area (Å²) in [6.07, 6.45) is 1.52. The first kappa shape index (κ1) is 18.4. The SMILES string of the molecule is O=C(COc1ccccc1C(=O)Nc1ccccc1)Nc1cccnc1Cl. The smallest absolute Gasteiger partial charge is 0.262 e. The van der Waals surface area contributed by atoms with Crippen LogP contribution in [-0.4, -0.2) is 23.4 Å². The minimum absolute atomic E-state index is 0.188. The molecule has 6 nitrogen and oxygen atoms in total. The molecule has 0 saturated carbocycles. The molecule has 0 unspecified atom stereocenters. The number of rotatable bonds is 6. The molecule has 0 aliphatic carbocycles. The summed E-state index contributed by atoms with van der Waals surface area (Å²) in [7, 11) is 0. The molecule has 0 aliphatic rings. The summed E-state index contributed by atoms with van der Waals surface area (Å²) in [4.78, 5) is 28.5. The fraction of sp³-hybridized carbons (Fsp3) is 0.0500. The summed E-state index contributed by atoms with van der Waals surface area (Å²) in [5.74, 6) is -0.436. The van der Waals surface area contributed by atoms with Crippen molar-refractivity contribution in [3.8, 4) is 5.75 Å². The summed E-state index contributed by atoms with van der Waals surface area (Å²) in [5.41, 5.74) is 1.39. The monoisotopic (exact) mass is 381 g/mol. The van der Waals surface area contributed by atoms with Gasteiger partial charge in [0.05, 0.1) is 11.3 Å². The van der Waals surface area contributed by atoms with E-state index in [1.54, 1.807) is 48.5 Å². The van der Waals surface area contributed by atoms with E-state index in [0.717, 1.165) is 0 Å². The Morgan fingerprint density at radius 3 is 2.44 bits per heavy atom. The number of nitrogens with one attached hydrogen (secondary N) is 2. The molecular weight excluding hydrogens is 366 g/mol. The molecule has 1 aromatic heterocycles. The van der Waals surface area contributed by atoms with Crippen LogP contribution in [0.15, 0.2) is 72.9 Å². The van der Waals surface area contributed by atoms with E-state index in [1.165, 1.54) is 6.20 Å². The number of aromatic nitrogens is 1. The Morgan fingerprint density at radius 1 is 0.926 bits per heavy atom. The number of para-hydroxylation sites is 2. The van der Waals surface area contributed by atoms with Crippen LogP contribution in [0.25, 0.3) is 0 Å². The van der Waals surface area contributed by atoms with Crippen molar-refractivity contribution < 1.29 is 14.3 Å². The summed E-state index contributed by atoms with van der Waals surface area (Å²) in [6.45, 7) is -0.277. The van der Waals surface area contributed by atoms with Gasteiger partial charge in [0.25, 0.3) is 11.8 Å². The lowest BCUT2D eigenvalue weighted by Gasteiger charge is -2.12. The van der Waals surface area contributed by atoms with Gasteiger partial charge < -0.3 is 15.4 Å². The number of amides is 2. The number of anilines is 2. The minimum Gasteiger partial charge on any atom is -0.483 e. The molecule has 0 aliphatic heterocycles. The lowest BCUT2D eigenvalue weighted by Crippen LogP contribution is -2.22. The number of hydrogen-bond donors (Lipinski definition) is 2. The second-order valence-electron chi connectivity index (χ2n) is 5.49. The third kappa shape index (κ3) is 5.05. The lowest BCUT2D eigenvalue weighted by molar-refractivity contribution is -0.118. The van der Waals surface area contributed by atoms with Crippen LogP contribution in [0, 0.1) is 0 Å². The van der Waals surface area contributed by atoms with Gasteiger partial charge in [0.1, 0.15) is 5.75 Å². The van der Waals surface area contributed by atoms with Gasteiger partial charge >= 0.3 is 0 Å². The van der Waals surface area contributed by atoms with Crippen LogP contribution in [0.4, 0.5) is 11.4 Å². The number of carbonyl (C=O) groups is 2. The molecule has 0 atom stereocenters. The Labute approximate surface area is 161 Å². The van der Waals surface area contributed by atoms with E-state index >= 15 is 0 Å². The first-order valence-electron chi connectivity index (χ1n) is 8.12. The predicted molar refractivity (Wildman–Crippen MR) is 104 cm³/mol. The molecule has 2 N–H and O–H groups in total. The number of carbonyl (C=O) groups excluding carboxylic acids is 2. The molecule has 1 heterocycles. The number of nitrogens with zero attached hydrogens (tertiary/aromatic N) is 1. The molecule has 2 aromatic carbocycles. The van der Waals surface area contributed by atoms with E-state index in [4.69, 9.17) is 16.3 Å². The molecule has 0 saturated heterocycles. The van der Waals surface area contributed by atoms with Crippen LogP contribution < -0.4 is 15.4 Å². The molecule has 0 fully saturated rings.